The van der Waals surface area contributed by atoms with Gasteiger partial charge in [-0.3, -0.25) is 4.18 Å². The number of pyridine rings is 1. The fourth-order valence-electron chi connectivity index (χ4n) is 3.43. The molecule has 6 nitrogen and oxygen atoms in total. The quantitative estimate of drug-likeness (QED) is 0.288. The van der Waals surface area contributed by atoms with Crippen molar-refractivity contribution >= 4 is 56.4 Å². The van der Waals surface area contributed by atoms with Crippen LogP contribution in [0.4, 0.5) is 5.69 Å². The van der Waals surface area contributed by atoms with Crippen molar-refractivity contribution in [2.45, 2.75) is 25.7 Å². The number of nitrogens with zero attached hydrogens (tertiary/aromatic N) is 2. The Labute approximate surface area is 198 Å². The van der Waals surface area contributed by atoms with Crippen LogP contribution in [0.25, 0.3) is 17.0 Å². The molecule has 0 bridgehead atoms. The molecule has 170 valence electrons. The molecule has 0 spiro atoms. The van der Waals surface area contributed by atoms with Crippen molar-refractivity contribution in [3.63, 3.8) is 0 Å². The average molecular weight is 493 g/mol. The van der Waals surface area contributed by atoms with E-state index in [1.54, 1.807) is 0 Å². The number of para-hydroxylation sites is 1. The molecule has 9 heteroatoms. The molecule has 4 rings (SSSR count). The average Bonchev–Trinajstić information content (AvgIpc) is 3.06. The van der Waals surface area contributed by atoms with Crippen LogP contribution in [-0.2, 0) is 21.6 Å². The zero-order valence-corrected chi connectivity index (χ0v) is 20.7. The van der Waals surface area contributed by atoms with Crippen LogP contribution in [0.2, 0.25) is 5.02 Å². The number of aryl methyl sites for hydroxylation is 2. The molecule has 32 heavy (non-hydrogen) atoms. The van der Waals surface area contributed by atoms with Crippen LogP contribution in [0, 0.1) is 6.92 Å². The lowest BCUT2D eigenvalue weighted by Gasteiger charge is -2.18. The second-order valence-corrected chi connectivity index (χ2v) is 9.61. The molecule has 0 N–H and O–H groups in total. The first kappa shape index (κ1) is 24.5. The molecular weight excluding hydrogens is 468 g/mol. The lowest BCUT2D eigenvalue weighted by Crippen LogP contribution is -2.33. The van der Waals surface area contributed by atoms with Crippen molar-refractivity contribution in [3.05, 3.63) is 69.8 Å². The van der Waals surface area contributed by atoms with Gasteiger partial charge in [0.25, 0.3) is 0 Å². The summed E-state index contributed by atoms with van der Waals surface area (Å²) in [4.78, 5) is 3.61. The highest BCUT2D eigenvalue weighted by Gasteiger charge is 2.26. The third-order valence-corrected chi connectivity index (χ3v) is 7.01. The van der Waals surface area contributed by atoms with Gasteiger partial charge in [-0.25, -0.2) is 8.42 Å². The molecule has 0 radical (unpaired) electrons. The second kappa shape index (κ2) is 10.2. The van der Waals surface area contributed by atoms with Gasteiger partial charge in [-0.05, 0) is 50.6 Å². The van der Waals surface area contributed by atoms with Gasteiger partial charge in [0.15, 0.2) is 0 Å². The van der Waals surface area contributed by atoms with Crippen LogP contribution in [0.1, 0.15) is 25.1 Å². The van der Waals surface area contributed by atoms with Crippen molar-refractivity contribution in [2.24, 2.45) is 7.05 Å². The van der Waals surface area contributed by atoms with Crippen LogP contribution < -0.4 is 9.47 Å². The Hall–Kier alpha value is -2.10. The van der Waals surface area contributed by atoms with E-state index in [1.807, 2.05) is 11.8 Å². The Morgan fingerprint density at radius 1 is 1.19 bits per heavy atom. The zero-order valence-electron chi connectivity index (χ0n) is 18.3. The molecule has 0 saturated carbocycles. The zero-order chi connectivity index (χ0) is 23.5. The summed E-state index contributed by atoms with van der Waals surface area (Å²) in [5.74, 6) is 0. The minimum atomic E-state index is -4.42. The van der Waals surface area contributed by atoms with Crippen molar-refractivity contribution in [1.82, 2.24) is 0 Å². The predicted octanol–water partition coefficient (Wildman–Crippen LogP) is 5.04. The summed E-state index contributed by atoms with van der Waals surface area (Å²) in [6.07, 6.45) is 2.27. The highest BCUT2D eigenvalue weighted by atomic mass is 35.5. The maximum absolute atomic E-state index is 9.45. The number of rotatable bonds is 4. The van der Waals surface area contributed by atoms with Crippen molar-refractivity contribution < 1.29 is 21.7 Å². The van der Waals surface area contributed by atoms with E-state index in [4.69, 9.17) is 11.6 Å². The fraction of sp³-hybridized carbons (Fsp3) is 0.261. The maximum Gasteiger partial charge on any atom is 0.217 e. The molecule has 2 aromatic carbocycles. The maximum atomic E-state index is 9.45. The summed E-state index contributed by atoms with van der Waals surface area (Å²) in [6, 6.07) is 17.1. The van der Waals surface area contributed by atoms with Gasteiger partial charge in [0.05, 0.1) is 17.3 Å². The first-order chi connectivity index (χ1) is 15.1. The fourth-order valence-corrected chi connectivity index (χ4v) is 5.13. The first-order valence-corrected chi connectivity index (χ1v) is 12.6. The molecule has 1 aliphatic heterocycles. The van der Waals surface area contributed by atoms with E-state index >= 15 is 0 Å². The Morgan fingerprint density at radius 3 is 2.53 bits per heavy atom. The van der Waals surface area contributed by atoms with Crippen LogP contribution >= 0.6 is 23.4 Å². The van der Waals surface area contributed by atoms with Gasteiger partial charge in [-0.1, -0.05) is 35.5 Å². The minimum Gasteiger partial charge on any atom is -0.726 e. The molecule has 0 fully saturated rings. The standard InChI is InChI=1S/C21H20ClN2S.C2H6O4S/c1-4-24-19-13-17(22)14(2)11-20(19)25-21(24)12-16-10-9-15-7-5-6-8-18(15)23(16)3;1-2-6-7(3,4)5/h5-13H,4H2,1-3H3;2H2,1H3,(H,3,4,5)/q+1;/p-1. The summed E-state index contributed by atoms with van der Waals surface area (Å²) >= 11 is 8.17. The van der Waals surface area contributed by atoms with Crippen molar-refractivity contribution in [3.8, 4) is 0 Å². The van der Waals surface area contributed by atoms with E-state index in [0.29, 0.717) is 0 Å². The van der Waals surface area contributed by atoms with Gasteiger partial charge >= 0.3 is 0 Å². The molecule has 0 atom stereocenters. The number of benzene rings is 2. The van der Waals surface area contributed by atoms with E-state index in [2.05, 4.69) is 89.2 Å². The van der Waals surface area contributed by atoms with E-state index in [1.165, 1.54) is 39.1 Å². The Kier molecular flexibility index (Phi) is 7.84. The van der Waals surface area contributed by atoms with Gasteiger partial charge in [0, 0.05) is 40.1 Å². The number of fused-ring (bicyclic) bond motifs is 2. The molecule has 1 aliphatic rings. The van der Waals surface area contributed by atoms with Crippen molar-refractivity contribution in [1.29, 1.82) is 0 Å². The highest BCUT2D eigenvalue weighted by Crippen LogP contribution is 2.48. The number of anilines is 1. The Balaban J connectivity index is 0.000000360. The second-order valence-electron chi connectivity index (χ2n) is 7.09. The van der Waals surface area contributed by atoms with E-state index in [-0.39, 0.29) is 6.61 Å². The SMILES string of the molecule is CCN1/C(=C/c2ccc3ccccc3[n+]2C)Sc2cc(C)c(Cl)cc21.CCOS(=O)(=O)[O-]. The van der Waals surface area contributed by atoms with Crippen LogP contribution in [0.3, 0.4) is 0 Å². The smallest absolute Gasteiger partial charge is 0.217 e. The topological polar surface area (TPSA) is 73.5 Å². The first-order valence-electron chi connectivity index (χ1n) is 10.1. The molecule has 0 unspecified atom stereocenters. The van der Waals surface area contributed by atoms with Gasteiger partial charge in [-0.2, -0.15) is 4.57 Å². The summed E-state index contributed by atoms with van der Waals surface area (Å²) in [5.41, 5.74) is 4.76. The highest BCUT2D eigenvalue weighted by molar-refractivity contribution is 8.03. The number of halogens is 1. The molecule has 0 aliphatic carbocycles. The number of thioether (sulfide) groups is 1. The largest absolute Gasteiger partial charge is 0.726 e. The summed E-state index contributed by atoms with van der Waals surface area (Å²) in [7, 11) is -2.30. The van der Waals surface area contributed by atoms with E-state index in [0.717, 1.165) is 17.1 Å². The third-order valence-electron chi connectivity index (χ3n) is 4.98. The molecule has 0 saturated heterocycles. The molecule has 2 heterocycles. The van der Waals surface area contributed by atoms with Crippen LogP contribution in [0.15, 0.2) is 58.5 Å². The van der Waals surface area contributed by atoms with Gasteiger partial charge in [-0.15, -0.1) is 0 Å². The van der Waals surface area contributed by atoms with Crippen molar-refractivity contribution in [2.75, 3.05) is 18.1 Å². The van der Waals surface area contributed by atoms with Gasteiger partial charge in [0.2, 0.25) is 21.6 Å². The van der Waals surface area contributed by atoms with Gasteiger partial charge < -0.3 is 9.45 Å². The monoisotopic (exact) mass is 492 g/mol. The molecule has 0 amide bonds. The van der Waals surface area contributed by atoms with Crippen LogP contribution in [0.5, 0.6) is 0 Å². The number of hydrogen-bond donors (Lipinski definition) is 0. The van der Waals surface area contributed by atoms with E-state index < -0.39 is 10.4 Å². The third kappa shape index (κ3) is 5.63. The van der Waals surface area contributed by atoms with Crippen LogP contribution in [-0.4, -0.2) is 26.1 Å². The lowest BCUT2D eigenvalue weighted by molar-refractivity contribution is -0.646. The summed E-state index contributed by atoms with van der Waals surface area (Å²) in [5, 5.41) is 3.32. The Morgan fingerprint density at radius 2 is 1.91 bits per heavy atom. The predicted molar refractivity (Wildman–Crippen MR) is 129 cm³/mol. The Bertz CT molecular complexity index is 1280. The molecule has 1 aromatic heterocycles. The molecule has 3 aromatic rings. The number of aromatic nitrogens is 1. The normalized spacial score (nSPS) is 14.4. The lowest BCUT2D eigenvalue weighted by atomic mass is 10.2. The molecular formula is C23H25ClN2O4S2. The van der Waals surface area contributed by atoms with E-state index in [9.17, 15) is 13.0 Å². The minimum absolute atomic E-state index is 0.0914. The van der Waals surface area contributed by atoms with Gasteiger partial charge in [0.1, 0.15) is 7.05 Å². The summed E-state index contributed by atoms with van der Waals surface area (Å²) < 4.78 is 34.3. The summed E-state index contributed by atoms with van der Waals surface area (Å²) in [6.45, 7) is 6.49. The number of hydrogen-bond acceptors (Lipinski definition) is 6.